The SMILES string of the molecule is CCC(NC(=O)OCc1ccccc1)C1CN(c2c(Br)cncc2C=O)C1. The summed E-state index contributed by atoms with van der Waals surface area (Å²) in [7, 11) is 0. The maximum absolute atomic E-state index is 12.1. The molecule has 1 aromatic heterocycles. The van der Waals surface area contributed by atoms with Gasteiger partial charge >= 0.3 is 6.09 Å². The van der Waals surface area contributed by atoms with Gasteiger partial charge in [-0.3, -0.25) is 9.78 Å². The van der Waals surface area contributed by atoms with Crippen LogP contribution in [0.1, 0.15) is 29.3 Å². The fourth-order valence-corrected chi connectivity index (χ4v) is 3.88. The number of hydrogen-bond acceptors (Lipinski definition) is 5. The van der Waals surface area contributed by atoms with E-state index in [1.54, 1.807) is 12.4 Å². The van der Waals surface area contributed by atoms with Gasteiger partial charge < -0.3 is 15.0 Å². The highest BCUT2D eigenvalue weighted by Crippen LogP contribution is 2.34. The molecule has 1 atom stereocenters. The molecule has 1 aromatic carbocycles. The normalized spacial score (nSPS) is 15.0. The van der Waals surface area contributed by atoms with E-state index in [0.717, 1.165) is 41.5 Å². The van der Waals surface area contributed by atoms with Crippen LogP contribution in [0.5, 0.6) is 0 Å². The first-order valence-electron chi connectivity index (χ1n) is 8.93. The van der Waals surface area contributed by atoms with Crippen molar-refractivity contribution in [3.05, 3.63) is 58.3 Å². The topological polar surface area (TPSA) is 71.5 Å². The van der Waals surface area contributed by atoms with Crippen molar-refractivity contribution in [2.24, 2.45) is 5.92 Å². The summed E-state index contributed by atoms with van der Waals surface area (Å²) in [6.45, 7) is 3.83. The summed E-state index contributed by atoms with van der Waals surface area (Å²) in [5.41, 5.74) is 2.38. The summed E-state index contributed by atoms with van der Waals surface area (Å²) in [5.74, 6) is 0.304. The molecular formula is C20H22BrN3O3. The Bertz CT molecular complexity index is 794. The maximum Gasteiger partial charge on any atom is 0.407 e. The number of halogens is 1. The molecule has 1 amide bonds. The molecule has 7 heteroatoms. The number of carbonyl (C=O) groups is 2. The Hall–Kier alpha value is -2.41. The number of aldehydes is 1. The van der Waals surface area contributed by atoms with Gasteiger partial charge in [0.25, 0.3) is 0 Å². The standard InChI is InChI=1S/C20H22BrN3O3/c1-2-18(23-20(26)27-13-14-6-4-3-5-7-14)16-10-24(11-16)19-15(12-25)8-22-9-17(19)21/h3-9,12,16,18H,2,10-11,13H2,1H3,(H,23,26). The number of benzene rings is 1. The van der Waals surface area contributed by atoms with E-state index in [4.69, 9.17) is 4.74 Å². The Morgan fingerprint density at radius 1 is 1.37 bits per heavy atom. The molecule has 3 rings (SSSR count). The highest BCUT2D eigenvalue weighted by Gasteiger charge is 2.35. The van der Waals surface area contributed by atoms with Crippen molar-refractivity contribution in [2.45, 2.75) is 26.0 Å². The van der Waals surface area contributed by atoms with Gasteiger partial charge in [0.1, 0.15) is 6.61 Å². The second-order valence-electron chi connectivity index (χ2n) is 6.56. The second kappa shape index (κ2) is 8.99. The lowest BCUT2D eigenvalue weighted by atomic mass is 9.89. The number of anilines is 1. The molecular weight excluding hydrogens is 410 g/mol. The second-order valence-corrected chi connectivity index (χ2v) is 7.42. The zero-order valence-corrected chi connectivity index (χ0v) is 16.7. The quantitative estimate of drug-likeness (QED) is 0.674. The van der Waals surface area contributed by atoms with Gasteiger partial charge in [0, 0.05) is 37.4 Å². The van der Waals surface area contributed by atoms with Gasteiger partial charge in [-0.1, -0.05) is 37.3 Å². The number of ether oxygens (including phenoxy) is 1. The third-order valence-corrected chi connectivity index (χ3v) is 5.36. The van der Waals surface area contributed by atoms with E-state index in [1.165, 1.54) is 0 Å². The third-order valence-electron chi connectivity index (χ3n) is 4.78. The van der Waals surface area contributed by atoms with Crippen LogP contribution in [-0.2, 0) is 11.3 Å². The number of pyridine rings is 1. The largest absolute Gasteiger partial charge is 0.445 e. The molecule has 6 nitrogen and oxygen atoms in total. The van der Waals surface area contributed by atoms with Crippen LogP contribution in [0.4, 0.5) is 10.5 Å². The molecule has 0 spiro atoms. The molecule has 0 radical (unpaired) electrons. The lowest BCUT2D eigenvalue weighted by Gasteiger charge is -2.45. The molecule has 1 N–H and O–H groups in total. The minimum atomic E-state index is -0.400. The molecule has 1 aliphatic rings. The van der Waals surface area contributed by atoms with E-state index < -0.39 is 6.09 Å². The molecule has 0 bridgehead atoms. The lowest BCUT2D eigenvalue weighted by molar-refractivity contribution is 0.112. The van der Waals surface area contributed by atoms with Gasteiger partial charge in [0.05, 0.1) is 15.7 Å². The van der Waals surface area contributed by atoms with Crippen molar-refractivity contribution < 1.29 is 14.3 Å². The molecule has 2 aromatic rings. The molecule has 2 heterocycles. The highest BCUT2D eigenvalue weighted by atomic mass is 79.9. The first-order valence-corrected chi connectivity index (χ1v) is 9.72. The third kappa shape index (κ3) is 4.66. The summed E-state index contributed by atoms with van der Waals surface area (Å²) < 4.78 is 6.12. The molecule has 1 aliphatic heterocycles. The molecule has 1 saturated heterocycles. The maximum atomic E-state index is 12.1. The van der Waals surface area contributed by atoms with Crippen LogP contribution in [-0.4, -0.2) is 36.5 Å². The molecule has 27 heavy (non-hydrogen) atoms. The van der Waals surface area contributed by atoms with E-state index >= 15 is 0 Å². The minimum absolute atomic E-state index is 0.0322. The molecule has 0 aliphatic carbocycles. The van der Waals surface area contributed by atoms with Gasteiger partial charge in [-0.05, 0) is 27.9 Å². The summed E-state index contributed by atoms with van der Waals surface area (Å²) >= 11 is 3.47. The Kier molecular flexibility index (Phi) is 6.45. The zero-order chi connectivity index (χ0) is 19.2. The minimum Gasteiger partial charge on any atom is -0.445 e. The van der Waals surface area contributed by atoms with Crippen LogP contribution in [0.2, 0.25) is 0 Å². The number of nitrogens with one attached hydrogen (secondary N) is 1. The van der Waals surface area contributed by atoms with Gasteiger partial charge in [-0.15, -0.1) is 0 Å². The number of carbonyl (C=O) groups excluding carboxylic acids is 2. The van der Waals surface area contributed by atoms with Crippen molar-refractivity contribution in [3.63, 3.8) is 0 Å². The highest BCUT2D eigenvalue weighted by molar-refractivity contribution is 9.10. The van der Waals surface area contributed by atoms with Crippen LogP contribution < -0.4 is 10.2 Å². The number of aromatic nitrogens is 1. The van der Waals surface area contributed by atoms with E-state index in [9.17, 15) is 9.59 Å². The van der Waals surface area contributed by atoms with Gasteiger partial charge in [-0.2, -0.15) is 0 Å². The first kappa shape index (κ1) is 19.4. The molecule has 142 valence electrons. The fraction of sp³-hybridized carbons (Fsp3) is 0.350. The predicted octanol–water partition coefficient (Wildman–Crippen LogP) is 3.80. The Morgan fingerprint density at radius 3 is 2.78 bits per heavy atom. The number of alkyl carbamates (subject to hydrolysis) is 1. The fourth-order valence-electron chi connectivity index (χ4n) is 3.28. The van der Waals surface area contributed by atoms with Gasteiger partial charge in [0.2, 0.25) is 0 Å². The number of nitrogens with zero attached hydrogens (tertiary/aromatic N) is 2. The van der Waals surface area contributed by atoms with Gasteiger partial charge in [-0.25, -0.2) is 4.79 Å². The van der Waals surface area contributed by atoms with Crippen LogP contribution >= 0.6 is 15.9 Å². The summed E-state index contributed by atoms with van der Waals surface area (Å²) in [4.78, 5) is 29.6. The van der Waals surface area contributed by atoms with Crippen molar-refractivity contribution in [1.82, 2.24) is 10.3 Å². The van der Waals surface area contributed by atoms with Crippen molar-refractivity contribution >= 4 is 34.0 Å². The van der Waals surface area contributed by atoms with Gasteiger partial charge in [0.15, 0.2) is 6.29 Å². The Morgan fingerprint density at radius 2 is 2.11 bits per heavy atom. The summed E-state index contributed by atoms with van der Waals surface area (Å²) in [6.07, 6.45) is 4.49. The molecule has 1 fully saturated rings. The molecule has 0 saturated carbocycles. The average molecular weight is 432 g/mol. The number of hydrogen-bond donors (Lipinski definition) is 1. The van der Waals surface area contributed by atoms with Crippen molar-refractivity contribution in [1.29, 1.82) is 0 Å². The monoisotopic (exact) mass is 431 g/mol. The smallest absolute Gasteiger partial charge is 0.407 e. The first-order chi connectivity index (χ1) is 13.1. The lowest BCUT2D eigenvalue weighted by Crippen LogP contribution is -2.57. The van der Waals surface area contributed by atoms with Crippen LogP contribution in [0, 0.1) is 5.92 Å². The van der Waals surface area contributed by atoms with E-state index in [2.05, 4.69) is 31.1 Å². The molecule has 1 unspecified atom stereocenters. The number of rotatable bonds is 7. The van der Waals surface area contributed by atoms with Crippen molar-refractivity contribution in [2.75, 3.05) is 18.0 Å². The van der Waals surface area contributed by atoms with E-state index in [-0.39, 0.29) is 12.6 Å². The zero-order valence-electron chi connectivity index (χ0n) is 15.1. The summed E-state index contributed by atoms with van der Waals surface area (Å²) in [6, 6.07) is 9.64. The van der Waals surface area contributed by atoms with Crippen LogP contribution in [0.3, 0.4) is 0 Å². The average Bonchev–Trinajstić information content (AvgIpc) is 2.66. The van der Waals surface area contributed by atoms with E-state index in [0.29, 0.717) is 11.5 Å². The van der Waals surface area contributed by atoms with Crippen LogP contribution in [0.25, 0.3) is 0 Å². The van der Waals surface area contributed by atoms with E-state index in [1.807, 2.05) is 37.3 Å². The number of amides is 1. The van der Waals surface area contributed by atoms with Crippen molar-refractivity contribution in [3.8, 4) is 0 Å². The Balaban J connectivity index is 1.53. The predicted molar refractivity (Wildman–Crippen MR) is 107 cm³/mol. The Labute approximate surface area is 167 Å². The summed E-state index contributed by atoms with van der Waals surface area (Å²) in [5, 5.41) is 2.97. The van der Waals surface area contributed by atoms with Crippen LogP contribution in [0.15, 0.2) is 47.2 Å².